The number of nitrogens with one attached hydrogen (secondary N) is 1. The first-order valence-corrected chi connectivity index (χ1v) is 9.18. The topological polar surface area (TPSA) is 12.0 Å². The van der Waals surface area contributed by atoms with E-state index in [1.54, 1.807) is 0 Å². The van der Waals surface area contributed by atoms with Gasteiger partial charge in [-0.3, -0.25) is 0 Å². The van der Waals surface area contributed by atoms with Crippen LogP contribution in [-0.4, -0.2) is 7.05 Å². The van der Waals surface area contributed by atoms with Crippen molar-refractivity contribution in [2.75, 3.05) is 7.05 Å². The molecule has 4 aromatic carbocycles. The van der Waals surface area contributed by atoms with Crippen molar-refractivity contribution in [3.05, 3.63) is 95.1 Å². The summed E-state index contributed by atoms with van der Waals surface area (Å²) in [6.07, 6.45) is 0. The minimum absolute atomic E-state index is 0.0816. The summed E-state index contributed by atoms with van der Waals surface area (Å²) >= 11 is 5.03. The second kappa shape index (κ2) is 5.62. The Labute approximate surface area is 153 Å². The van der Waals surface area contributed by atoms with E-state index in [2.05, 4.69) is 78.1 Å². The van der Waals surface area contributed by atoms with Crippen LogP contribution in [0.3, 0.4) is 0 Å². The fourth-order valence-electron chi connectivity index (χ4n) is 4.19. The molecule has 1 aliphatic rings. The standard InChI is InChI=1S/C23H19NS/c1-24-22-17-11-16-10-14-6-2-3-7-15(14)12-20(16)21(13-17)23(25)19-9-5-4-8-18(19)22/h2-13,22-25H,1H3. The van der Waals surface area contributed by atoms with Crippen molar-refractivity contribution in [1.29, 1.82) is 0 Å². The first kappa shape index (κ1) is 15.0. The Balaban J connectivity index is 1.90. The Morgan fingerprint density at radius 3 is 2.16 bits per heavy atom. The van der Waals surface area contributed by atoms with Crippen molar-refractivity contribution < 1.29 is 0 Å². The van der Waals surface area contributed by atoms with Crippen LogP contribution in [0.1, 0.15) is 33.5 Å². The maximum atomic E-state index is 5.03. The van der Waals surface area contributed by atoms with Crippen LogP contribution in [0.2, 0.25) is 0 Å². The molecule has 1 aliphatic carbocycles. The zero-order valence-corrected chi connectivity index (χ0v) is 14.9. The average Bonchev–Trinajstić information content (AvgIpc) is 2.75. The highest BCUT2D eigenvalue weighted by Gasteiger charge is 2.26. The van der Waals surface area contributed by atoms with E-state index in [0.29, 0.717) is 0 Å². The maximum absolute atomic E-state index is 5.03. The molecular formula is C23H19NS. The molecular weight excluding hydrogens is 322 g/mol. The minimum atomic E-state index is 0.0816. The Hall–Kier alpha value is -2.29. The highest BCUT2D eigenvalue weighted by atomic mass is 32.1. The fourth-order valence-corrected chi connectivity index (χ4v) is 4.64. The van der Waals surface area contributed by atoms with Gasteiger partial charge in [0.2, 0.25) is 0 Å². The Bertz CT molecular complexity index is 1120. The molecule has 122 valence electrons. The largest absolute Gasteiger partial charge is 0.309 e. The zero-order chi connectivity index (χ0) is 17.0. The first-order valence-electron chi connectivity index (χ1n) is 8.67. The zero-order valence-electron chi connectivity index (χ0n) is 14.0. The fraction of sp³-hybridized carbons (Fsp3) is 0.130. The molecule has 0 aliphatic heterocycles. The van der Waals surface area contributed by atoms with Crippen molar-refractivity contribution in [3.63, 3.8) is 0 Å². The predicted octanol–water partition coefficient (Wildman–Crippen LogP) is 5.63. The van der Waals surface area contributed by atoms with Gasteiger partial charge >= 0.3 is 0 Å². The van der Waals surface area contributed by atoms with Crippen LogP contribution in [0.25, 0.3) is 21.5 Å². The van der Waals surface area contributed by atoms with Gasteiger partial charge in [0.25, 0.3) is 0 Å². The lowest BCUT2D eigenvalue weighted by Gasteiger charge is -2.19. The Morgan fingerprint density at radius 1 is 0.720 bits per heavy atom. The molecule has 2 unspecified atom stereocenters. The SMILES string of the molecule is CNC1c2cc(c3cc4ccccc4cc3c2)C(S)c2ccccc21. The lowest BCUT2D eigenvalue weighted by atomic mass is 9.95. The number of hydrogen-bond acceptors (Lipinski definition) is 2. The maximum Gasteiger partial charge on any atom is 0.0577 e. The van der Waals surface area contributed by atoms with Gasteiger partial charge in [-0.2, -0.15) is 12.6 Å². The molecule has 0 saturated heterocycles. The molecule has 0 aromatic heterocycles. The molecule has 0 spiro atoms. The van der Waals surface area contributed by atoms with Gasteiger partial charge in [-0.1, -0.05) is 54.6 Å². The molecule has 2 atom stereocenters. The number of rotatable bonds is 1. The second-order valence-corrected chi connectivity index (χ2v) is 7.30. The summed E-state index contributed by atoms with van der Waals surface area (Å²) in [5.41, 5.74) is 5.22. The smallest absolute Gasteiger partial charge is 0.0577 e. The summed E-state index contributed by atoms with van der Waals surface area (Å²) in [7, 11) is 2.03. The molecule has 2 heteroatoms. The molecule has 5 rings (SSSR count). The van der Waals surface area contributed by atoms with Gasteiger partial charge in [0.1, 0.15) is 0 Å². The summed E-state index contributed by atoms with van der Waals surface area (Å²) in [6.45, 7) is 0. The normalized spacial score (nSPS) is 19.0. The molecule has 0 radical (unpaired) electrons. The monoisotopic (exact) mass is 341 g/mol. The van der Waals surface area contributed by atoms with Crippen molar-refractivity contribution in [2.45, 2.75) is 11.3 Å². The van der Waals surface area contributed by atoms with E-state index in [9.17, 15) is 0 Å². The molecule has 1 N–H and O–H groups in total. The Morgan fingerprint density at radius 2 is 1.40 bits per heavy atom. The number of thiol groups is 1. The van der Waals surface area contributed by atoms with Gasteiger partial charge in [0, 0.05) is 0 Å². The number of fused-ring (bicyclic) bond motifs is 6. The molecule has 1 nitrogen and oxygen atoms in total. The highest BCUT2D eigenvalue weighted by Crippen LogP contribution is 2.43. The van der Waals surface area contributed by atoms with Crippen LogP contribution in [0, 0.1) is 0 Å². The second-order valence-electron chi connectivity index (χ2n) is 6.78. The van der Waals surface area contributed by atoms with E-state index in [0.717, 1.165) is 0 Å². The van der Waals surface area contributed by atoms with Crippen molar-refractivity contribution in [3.8, 4) is 0 Å². The molecule has 0 saturated carbocycles. The van der Waals surface area contributed by atoms with Gasteiger partial charge in [-0.25, -0.2) is 0 Å². The lowest BCUT2D eigenvalue weighted by Crippen LogP contribution is -2.18. The average molecular weight is 341 g/mol. The van der Waals surface area contributed by atoms with E-state index >= 15 is 0 Å². The third-order valence-corrected chi connectivity index (χ3v) is 5.95. The molecule has 4 aromatic rings. The van der Waals surface area contributed by atoms with Gasteiger partial charge in [-0.05, 0) is 69.0 Å². The third-order valence-electron chi connectivity index (χ3n) is 5.39. The van der Waals surface area contributed by atoms with Crippen molar-refractivity contribution in [2.24, 2.45) is 0 Å². The van der Waals surface area contributed by atoms with Crippen molar-refractivity contribution in [1.82, 2.24) is 5.32 Å². The summed E-state index contributed by atoms with van der Waals surface area (Å²) in [5, 5.41) is 8.73. The van der Waals surface area contributed by atoms with Crippen LogP contribution >= 0.6 is 12.6 Å². The summed E-state index contributed by atoms with van der Waals surface area (Å²) in [5.74, 6) is 0. The van der Waals surface area contributed by atoms with E-state index in [1.807, 2.05) is 7.05 Å². The van der Waals surface area contributed by atoms with Crippen LogP contribution in [0.5, 0.6) is 0 Å². The lowest BCUT2D eigenvalue weighted by molar-refractivity contribution is 0.690. The van der Waals surface area contributed by atoms with Gasteiger partial charge < -0.3 is 5.32 Å². The number of hydrogen-bond donors (Lipinski definition) is 2. The minimum Gasteiger partial charge on any atom is -0.309 e. The van der Waals surface area contributed by atoms with Gasteiger partial charge in [-0.15, -0.1) is 0 Å². The summed E-state index contributed by atoms with van der Waals surface area (Å²) in [4.78, 5) is 0. The summed E-state index contributed by atoms with van der Waals surface area (Å²) in [6, 6.07) is 26.7. The number of benzene rings is 4. The van der Waals surface area contributed by atoms with E-state index in [-0.39, 0.29) is 11.3 Å². The van der Waals surface area contributed by atoms with Crippen LogP contribution in [0.15, 0.2) is 72.8 Å². The van der Waals surface area contributed by atoms with E-state index < -0.39 is 0 Å². The van der Waals surface area contributed by atoms with Crippen LogP contribution in [-0.2, 0) is 0 Å². The van der Waals surface area contributed by atoms with Gasteiger partial charge in [0.05, 0.1) is 11.3 Å². The molecule has 0 fully saturated rings. The van der Waals surface area contributed by atoms with Gasteiger partial charge in [0.15, 0.2) is 0 Å². The van der Waals surface area contributed by atoms with E-state index in [4.69, 9.17) is 12.6 Å². The first-order chi connectivity index (χ1) is 12.3. The van der Waals surface area contributed by atoms with E-state index in [1.165, 1.54) is 43.8 Å². The Kier molecular flexibility index (Phi) is 3.37. The molecule has 25 heavy (non-hydrogen) atoms. The van der Waals surface area contributed by atoms with Crippen LogP contribution in [0.4, 0.5) is 0 Å². The quantitative estimate of drug-likeness (QED) is 0.337. The van der Waals surface area contributed by atoms with Crippen LogP contribution < -0.4 is 5.32 Å². The van der Waals surface area contributed by atoms with Crippen molar-refractivity contribution >= 4 is 34.2 Å². The molecule has 2 bridgehead atoms. The molecule has 0 amide bonds. The predicted molar refractivity (Wildman–Crippen MR) is 110 cm³/mol. The third kappa shape index (κ3) is 2.21. The summed E-state index contributed by atoms with van der Waals surface area (Å²) < 4.78 is 0. The molecule has 0 heterocycles. The highest BCUT2D eigenvalue weighted by molar-refractivity contribution is 7.80.